The Kier molecular flexibility index (Phi) is 3.93. The minimum absolute atomic E-state index is 0.241. The van der Waals surface area contributed by atoms with Gasteiger partial charge in [0.2, 0.25) is 0 Å². The SMILES string of the molecule is Cc1ccc2nc(-c3ccc(O)cc3)c(Nc3ccc(Br)cc3)n2c1. The molecule has 4 rings (SSSR count). The van der Waals surface area contributed by atoms with E-state index in [-0.39, 0.29) is 5.75 Å². The Hall–Kier alpha value is -2.79. The maximum Gasteiger partial charge on any atom is 0.143 e. The number of benzene rings is 2. The minimum Gasteiger partial charge on any atom is -0.508 e. The summed E-state index contributed by atoms with van der Waals surface area (Å²) in [5.41, 5.74) is 4.79. The average molecular weight is 394 g/mol. The lowest BCUT2D eigenvalue weighted by atomic mass is 10.1. The minimum atomic E-state index is 0.241. The Bertz CT molecular complexity index is 1040. The smallest absolute Gasteiger partial charge is 0.143 e. The first-order valence-corrected chi connectivity index (χ1v) is 8.70. The molecule has 5 heteroatoms. The summed E-state index contributed by atoms with van der Waals surface area (Å²) < 4.78 is 3.09. The highest BCUT2D eigenvalue weighted by molar-refractivity contribution is 9.10. The number of pyridine rings is 1. The number of hydrogen-bond donors (Lipinski definition) is 2. The molecule has 2 heterocycles. The van der Waals surface area contributed by atoms with Gasteiger partial charge in [-0.2, -0.15) is 0 Å². The van der Waals surface area contributed by atoms with Gasteiger partial charge in [-0.05, 0) is 67.1 Å². The molecule has 0 atom stereocenters. The second-order valence-electron chi connectivity index (χ2n) is 5.92. The largest absolute Gasteiger partial charge is 0.508 e. The summed E-state index contributed by atoms with van der Waals surface area (Å²) in [5, 5.41) is 13.0. The Morgan fingerprint density at radius 2 is 1.68 bits per heavy atom. The number of imidazole rings is 1. The Labute approximate surface area is 153 Å². The average Bonchev–Trinajstić information content (AvgIpc) is 2.95. The van der Waals surface area contributed by atoms with Crippen molar-refractivity contribution in [1.29, 1.82) is 0 Å². The molecule has 25 heavy (non-hydrogen) atoms. The maximum absolute atomic E-state index is 9.56. The quantitative estimate of drug-likeness (QED) is 0.481. The van der Waals surface area contributed by atoms with Gasteiger partial charge in [-0.15, -0.1) is 0 Å². The van der Waals surface area contributed by atoms with Gasteiger partial charge in [-0.25, -0.2) is 4.98 Å². The monoisotopic (exact) mass is 393 g/mol. The second kappa shape index (κ2) is 6.26. The molecule has 0 saturated carbocycles. The van der Waals surface area contributed by atoms with Crippen LogP contribution in [-0.2, 0) is 0 Å². The van der Waals surface area contributed by atoms with Crippen LogP contribution in [0.4, 0.5) is 11.5 Å². The predicted octanol–water partition coefficient (Wildman–Crippen LogP) is 5.52. The number of hydrogen-bond acceptors (Lipinski definition) is 3. The van der Waals surface area contributed by atoms with Crippen LogP contribution in [0.1, 0.15) is 5.56 Å². The molecule has 0 aliphatic carbocycles. The lowest BCUT2D eigenvalue weighted by Gasteiger charge is -2.09. The van der Waals surface area contributed by atoms with E-state index in [1.54, 1.807) is 12.1 Å². The number of phenols is 1. The Balaban J connectivity index is 1.89. The third-order valence-corrected chi connectivity index (χ3v) is 4.54. The van der Waals surface area contributed by atoms with Gasteiger partial charge in [0.05, 0.1) is 0 Å². The number of nitrogens with zero attached hydrogens (tertiary/aromatic N) is 2. The van der Waals surface area contributed by atoms with Crippen LogP contribution in [0.2, 0.25) is 0 Å². The van der Waals surface area contributed by atoms with Gasteiger partial charge in [0.15, 0.2) is 0 Å². The molecule has 2 aromatic carbocycles. The number of phenolic OH excluding ortho intramolecular Hbond substituents is 1. The lowest BCUT2D eigenvalue weighted by molar-refractivity contribution is 0.475. The van der Waals surface area contributed by atoms with Crippen molar-refractivity contribution in [2.45, 2.75) is 6.92 Å². The molecule has 4 nitrogen and oxygen atoms in total. The summed E-state index contributed by atoms with van der Waals surface area (Å²) in [7, 11) is 0. The molecular weight excluding hydrogens is 378 g/mol. The highest BCUT2D eigenvalue weighted by Crippen LogP contribution is 2.32. The number of fused-ring (bicyclic) bond motifs is 1. The fraction of sp³-hybridized carbons (Fsp3) is 0.0500. The van der Waals surface area contributed by atoms with Crippen molar-refractivity contribution in [2.75, 3.05) is 5.32 Å². The van der Waals surface area contributed by atoms with Crippen LogP contribution in [0.5, 0.6) is 5.75 Å². The summed E-state index contributed by atoms with van der Waals surface area (Å²) in [6, 6.07) is 19.2. The van der Waals surface area contributed by atoms with Crippen molar-refractivity contribution in [3.05, 3.63) is 76.9 Å². The number of aromatic nitrogens is 2. The zero-order valence-electron chi connectivity index (χ0n) is 13.6. The van der Waals surface area contributed by atoms with E-state index in [0.29, 0.717) is 0 Å². The summed E-state index contributed by atoms with van der Waals surface area (Å²) >= 11 is 3.46. The molecule has 2 N–H and O–H groups in total. The fourth-order valence-electron chi connectivity index (χ4n) is 2.76. The van der Waals surface area contributed by atoms with E-state index in [0.717, 1.165) is 38.4 Å². The van der Waals surface area contributed by atoms with Gasteiger partial charge in [-0.1, -0.05) is 22.0 Å². The zero-order valence-corrected chi connectivity index (χ0v) is 15.2. The molecular formula is C20H16BrN3O. The molecule has 2 aromatic heterocycles. The van der Waals surface area contributed by atoms with Crippen LogP contribution in [0, 0.1) is 6.92 Å². The van der Waals surface area contributed by atoms with Crippen LogP contribution in [0.3, 0.4) is 0 Å². The van der Waals surface area contributed by atoms with E-state index >= 15 is 0 Å². The zero-order chi connectivity index (χ0) is 17.4. The number of aryl methyl sites for hydroxylation is 1. The highest BCUT2D eigenvalue weighted by atomic mass is 79.9. The van der Waals surface area contributed by atoms with Crippen molar-refractivity contribution in [3.63, 3.8) is 0 Å². The van der Waals surface area contributed by atoms with Crippen LogP contribution < -0.4 is 5.32 Å². The van der Waals surface area contributed by atoms with Gasteiger partial charge in [-0.3, -0.25) is 4.40 Å². The van der Waals surface area contributed by atoms with Crippen LogP contribution in [-0.4, -0.2) is 14.5 Å². The van der Waals surface area contributed by atoms with E-state index in [1.165, 1.54) is 0 Å². The third kappa shape index (κ3) is 3.10. The molecule has 0 fully saturated rings. The standard InChI is InChI=1S/C20H16BrN3O/c1-13-2-11-18-23-19(14-3-9-17(25)10-4-14)20(24(18)12-13)22-16-7-5-15(21)6-8-16/h2-12,22,25H,1H3. The van der Waals surface area contributed by atoms with Gasteiger partial charge in [0.25, 0.3) is 0 Å². The lowest BCUT2D eigenvalue weighted by Crippen LogP contribution is -1.97. The Morgan fingerprint density at radius 1 is 0.960 bits per heavy atom. The highest BCUT2D eigenvalue weighted by Gasteiger charge is 2.14. The fourth-order valence-corrected chi connectivity index (χ4v) is 3.03. The van der Waals surface area contributed by atoms with Gasteiger partial charge < -0.3 is 10.4 Å². The molecule has 0 unspecified atom stereocenters. The Morgan fingerprint density at radius 3 is 2.40 bits per heavy atom. The molecule has 124 valence electrons. The maximum atomic E-state index is 9.56. The third-order valence-electron chi connectivity index (χ3n) is 4.01. The first-order valence-electron chi connectivity index (χ1n) is 7.91. The van der Waals surface area contributed by atoms with Crippen molar-refractivity contribution in [3.8, 4) is 17.0 Å². The number of anilines is 2. The van der Waals surface area contributed by atoms with Crippen LogP contribution in [0.25, 0.3) is 16.9 Å². The summed E-state index contributed by atoms with van der Waals surface area (Å²) in [6.07, 6.45) is 2.06. The van der Waals surface area contributed by atoms with E-state index in [1.807, 2.05) is 48.5 Å². The topological polar surface area (TPSA) is 49.6 Å². The van der Waals surface area contributed by atoms with E-state index in [2.05, 4.69) is 38.8 Å². The first-order chi connectivity index (χ1) is 12.1. The summed E-state index contributed by atoms with van der Waals surface area (Å²) in [6.45, 7) is 2.06. The molecule has 0 aliphatic rings. The number of nitrogens with one attached hydrogen (secondary N) is 1. The van der Waals surface area contributed by atoms with Crippen molar-refractivity contribution < 1.29 is 5.11 Å². The predicted molar refractivity (Wildman–Crippen MR) is 104 cm³/mol. The first kappa shape index (κ1) is 15.7. The normalized spacial score (nSPS) is 11.0. The summed E-state index contributed by atoms with van der Waals surface area (Å²) in [4.78, 5) is 4.78. The van der Waals surface area contributed by atoms with Crippen molar-refractivity contribution >= 4 is 33.1 Å². The molecule has 0 amide bonds. The van der Waals surface area contributed by atoms with Crippen LogP contribution in [0.15, 0.2) is 71.3 Å². The van der Waals surface area contributed by atoms with Gasteiger partial charge in [0.1, 0.15) is 22.9 Å². The number of rotatable bonds is 3. The molecule has 0 aliphatic heterocycles. The van der Waals surface area contributed by atoms with Crippen molar-refractivity contribution in [2.24, 2.45) is 0 Å². The number of halogens is 1. The molecule has 4 aromatic rings. The molecule has 0 radical (unpaired) electrons. The second-order valence-corrected chi connectivity index (χ2v) is 6.84. The van der Waals surface area contributed by atoms with Gasteiger partial charge >= 0.3 is 0 Å². The summed E-state index contributed by atoms with van der Waals surface area (Å²) in [5.74, 6) is 1.14. The molecule has 0 spiro atoms. The van der Waals surface area contributed by atoms with Crippen LogP contribution >= 0.6 is 15.9 Å². The molecule has 0 saturated heterocycles. The van der Waals surface area contributed by atoms with E-state index in [4.69, 9.17) is 4.98 Å². The van der Waals surface area contributed by atoms with E-state index < -0.39 is 0 Å². The van der Waals surface area contributed by atoms with Crippen molar-refractivity contribution in [1.82, 2.24) is 9.38 Å². The van der Waals surface area contributed by atoms with Gasteiger partial charge in [0, 0.05) is 21.9 Å². The molecule has 0 bridgehead atoms. The van der Waals surface area contributed by atoms with E-state index in [9.17, 15) is 5.11 Å². The number of aromatic hydroxyl groups is 1.